The number of carbonyl (C=O) groups excluding carboxylic acids is 4. The second-order valence-corrected chi connectivity index (χ2v) is 19.6. The molecule has 1 saturated heterocycles. The SMILES string of the molecule is COc1ccc2oc3c4ccc(Cl)cc4c(O[C@@H]4C[C@H]5C(=O)N[C@]6(C(=O)NS(=O)(=O)C7CC7)C[C@H]6/C=C\CCCCC[C@H](CC(=O)OC(C)(C)C)C(=O)N5C4)nc3c2c1. The lowest BCUT2D eigenvalue weighted by Gasteiger charge is -2.30. The minimum Gasteiger partial charge on any atom is -0.497 e. The van der Waals surface area contributed by atoms with Gasteiger partial charge >= 0.3 is 5.97 Å². The Kier molecular flexibility index (Phi) is 10.8. The van der Waals surface area contributed by atoms with Gasteiger partial charge in [-0.15, -0.1) is 0 Å². The highest BCUT2D eigenvalue weighted by atomic mass is 35.5. The van der Waals surface area contributed by atoms with Gasteiger partial charge in [-0.2, -0.15) is 0 Å². The summed E-state index contributed by atoms with van der Waals surface area (Å²) in [5.74, 6) is -2.79. The molecule has 3 amide bonds. The highest BCUT2D eigenvalue weighted by Gasteiger charge is 2.62. The number of esters is 1. The maximum absolute atomic E-state index is 14.7. The van der Waals surface area contributed by atoms with Gasteiger partial charge in [0.1, 0.15) is 40.1 Å². The molecule has 0 spiro atoms. The van der Waals surface area contributed by atoms with Crippen molar-refractivity contribution in [1.29, 1.82) is 0 Å². The lowest BCUT2D eigenvalue weighted by molar-refractivity contribution is -0.159. The third kappa shape index (κ3) is 8.45. The Morgan fingerprint density at radius 1 is 1.05 bits per heavy atom. The van der Waals surface area contributed by atoms with Crippen molar-refractivity contribution in [2.45, 2.75) is 114 Å². The van der Waals surface area contributed by atoms with Crippen LogP contribution in [0, 0.1) is 11.8 Å². The first-order valence-electron chi connectivity index (χ1n) is 20.3. The number of ether oxygens (including phenoxy) is 3. The van der Waals surface area contributed by atoms with Crippen molar-refractivity contribution in [3.63, 3.8) is 0 Å². The zero-order valence-corrected chi connectivity index (χ0v) is 35.1. The molecule has 0 bridgehead atoms. The summed E-state index contributed by atoms with van der Waals surface area (Å²) in [4.78, 5) is 62.8. The first-order valence-corrected chi connectivity index (χ1v) is 22.2. The molecule has 14 nitrogen and oxygen atoms in total. The average molecular weight is 849 g/mol. The van der Waals surface area contributed by atoms with Crippen LogP contribution in [0.15, 0.2) is 53.0 Å². The van der Waals surface area contributed by atoms with Crippen molar-refractivity contribution in [2.24, 2.45) is 11.8 Å². The number of nitrogens with zero attached hydrogens (tertiary/aromatic N) is 2. The van der Waals surface area contributed by atoms with Gasteiger partial charge in [0.05, 0.1) is 30.7 Å². The third-order valence-electron chi connectivity index (χ3n) is 11.6. The number of pyridine rings is 1. The second kappa shape index (κ2) is 15.6. The number of nitrogens with one attached hydrogen (secondary N) is 2. The van der Waals surface area contributed by atoms with E-state index in [0.29, 0.717) is 75.7 Å². The van der Waals surface area contributed by atoms with Crippen LogP contribution in [0.4, 0.5) is 0 Å². The van der Waals surface area contributed by atoms with Gasteiger partial charge in [0.2, 0.25) is 27.7 Å². The predicted molar refractivity (Wildman–Crippen MR) is 220 cm³/mol. The molecule has 0 radical (unpaired) electrons. The molecule has 59 heavy (non-hydrogen) atoms. The molecule has 3 fully saturated rings. The maximum atomic E-state index is 14.7. The molecule has 0 unspecified atom stereocenters. The summed E-state index contributed by atoms with van der Waals surface area (Å²) in [6.45, 7) is 5.24. The number of rotatable bonds is 8. The number of fused-ring (bicyclic) bond motifs is 7. The van der Waals surface area contributed by atoms with E-state index in [1.165, 1.54) is 4.90 Å². The number of amides is 3. The van der Waals surface area contributed by atoms with Gasteiger partial charge in [-0.05, 0) is 95.7 Å². The molecule has 4 aromatic rings. The molecule has 2 N–H and O–H groups in total. The quantitative estimate of drug-likeness (QED) is 0.146. The zero-order chi connectivity index (χ0) is 41.9. The van der Waals surface area contributed by atoms with Gasteiger partial charge in [0.15, 0.2) is 5.58 Å². The van der Waals surface area contributed by atoms with Crippen molar-refractivity contribution in [3.05, 3.63) is 53.6 Å². The van der Waals surface area contributed by atoms with Crippen LogP contribution in [0.5, 0.6) is 11.6 Å². The van der Waals surface area contributed by atoms with Crippen LogP contribution in [-0.2, 0) is 33.9 Å². The van der Waals surface area contributed by atoms with E-state index in [-0.39, 0.29) is 31.7 Å². The summed E-state index contributed by atoms with van der Waals surface area (Å²) < 4.78 is 52.1. The molecule has 2 aliphatic heterocycles. The number of hydrogen-bond acceptors (Lipinski definition) is 11. The van der Waals surface area contributed by atoms with E-state index < -0.39 is 74.1 Å². The number of benzene rings is 2. The number of carbonyl (C=O) groups is 4. The van der Waals surface area contributed by atoms with E-state index in [9.17, 15) is 27.6 Å². The molecule has 2 aromatic heterocycles. The van der Waals surface area contributed by atoms with Crippen LogP contribution >= 0.6 is 11.6 Å². The average Bonchev–Trinajstić information content (AvgIpc) is 4.08. The number of halogens is 1. The molecule has 314 valence electrons. The van der Waals surface area contributed by atoms with Gasteiger partial charge in [-0.25, -0.2) is 13.4 Å². The number of hydrogen-bond donors (Lipinski definition) is 2. The first-order chi connectivity index (χ1) is 28.0. The first kappa shape index (κ1) is 40.9. The van der Waals surface area contributed by atoms with Gasteiger partial charge in [0, 0.05) is 34.1 Å². The summed E-state index contributed by atoms with van der Waals surface area (Å²) >= 11 is 6.51. The maximum Gasteiger partial charge on any atom is 0.307 e. The van der Waals surface area contributed by atoms with Crippen molar-refractivity contribution in [3.8, 4) is 11.6 Å². The highest BCUT2D eigenvalue weighted by molar-refractivity contribution is 7.91. The highest BCUT2D eigenvalue weighted by Crippen LogP contribution is 2.46. The van der Waals surface area contributed by atoms with E-state index in [4.69, 9.17) is 35.2 Å². The minimum absolute atomic E-state index is 0.0110. The van der Waals surface area contributed by atoms with Crippen LogP contribution in [0.1, 0.15) is 85.0 Å². The Hall–Kier alpha value is -4.89. The van der Waals surface area contributed by atoms with Crippen molar-refractivity contribution in [1.82, 2.24) is 19.9 Å². The van der Waals surface area contributed by atoms with Crippen LogP contribution in [-0.4, -0.2) is 84.2 Å². The monoisotopic (exact) mass is 848 g/mol. The van der Waals surface area contributed by atoms with Crippen molar-refractivity contribution < 1.29 is 46.2 Å². The number of furan rings is 1. The smallest absolute Gasteiger partial charge is 0.307 e. The molecule has 2 aliphatic carbocycles. The van der Waals surface area contributed by atoms with Crippen LogP contribution < -0.4 is 19.5 Å². The lowest BCUT2D eigenvalue weighted by Crippen LogP contribution is -2.57. The van der Waals surface area contributed by atoms with E-state index in [1.807, 2.05) is 24.3 Å². The van der Waals surface area contributed by atoms with Crippen LogP contribution in [0.3, 0.4) is 0 Å². The standard InChI is InChI=1S/C43H49ClN4O10S/c1-42(2,3)58-35(49)18-24-10-8-6-5-7-9-11-25-22-43(25,41(52)47-59(53,54)29-14-15-29)46-38(50)33-21-28(23-48(33)40(24)51)56-39-31-19-26(44)12-16-30(31)37-36(45-39)32-20-27(55-4)13-17-34(32)57-37/h9,11-13,16-17,19-20,24-25,28-29,33H,5-8,10,14-15,18,21-23H2,1-4H3,(H,46,50)(H,47,52)/b11-9-/t24-,25-,28-,33+,43-/m1/s1. The summed E-state index contributed by atoms with van der Waals surface area (Å²) in [7, 11) is -2.35. The van der Waals surface area contributed by atoms with Crippen molar-refractivity contribution in [2.75, 3.05) is 13.7 Å². The molecule has 4 aliphatic rings. The zero-order valence-electron chi connectivity index (χ0n) is 33.5. The normalized spacial score (nSPS) is 26.0. The summed E-state index contributed by atoms with van der Waals surface area (Å²) in [6, 6.07) is 9.55. The summed E-state index contributed by atoms with van der Waals surface area (Å²) in [5.41, 5.74) is -0.670. The number of allylic oxidation sites excluding steroid dienone is 1. The number of aromatic nitrogens is 1. The van der Waals surface area contributed by atoms with E-state index in [0.717, 1.165) is 12.8 Å². The molecular formula is C43H49ClN4O10S. The van der Waals surface area contributed by atoms with Gasteiger partial charge < -0.3 is 28.8 Å². The minimum atomic E-state index is -3.92. The van der Waals surface area contributed by atoms with E-state index in [2.05, 4.69) is 10.0 Å². The van der Waals surface area contributed by atoms with Crippen molar-refractivity contribution >= 4 is 78.2 Å². The Balaban J connectivity index is 1.16. The Morgan fingerprint density at radius 3 is 2.59 bits per heavy atom. The predicted octanol–water partition coefficient (Wildman–Crippen LogP) is 6.50. The second-order valence-electron chi connectivity index (χ2n) is 17.2. The van der Waals surface area contributed by atoms with Gasteiger partial charge in [-0.1, -0.05) is 36.6 Å². The Bertz CT molecular complexity index is 2490. The molecule has 8 rings (SSSR count). The Morgan fingerprint density at radius 2 is 1.85 bits per heavy atom. The molecule has 5 atom stereocenters. The topological polar surface area (TPSA) is 183 Å². The summed E-state index contributed by atoms with van der Waals surface area (Å²) in [5, 5.41) is 4.63. The van der Waals surface area contributed by atoms with E-state index >= 15 is 0 Å². The number of sulfonamides is 1. The van der Waals surface area contributed by atoms with E-state index in [1.54, 1.807) is 52.1 Å². The van der Waals surface area contributed by atoms with Gasteiger partial charge in [0.25, 0.3) is 5.91 Å². The lowest BCUT2D eigenvalue weighted by atomic mass is 9.95. The molecule has 16 heteroatoms. The number of methoxy groups -OCH3 is 1. The molecular weight excluding hydrogens is 800 g/mol. The molecule has 4 heterocycles. The Labute approximate surface area is 347 Å². The van der Waals surface area contributed by atoms with Crippen LogP contribution in [0.2, 0.25) is 5.02 Å². The summed E-state index contributed by atoms with van der Waals surface area (Å²) in [6.07, 6.45) is 7.33. The fraction of sp³-hybridized carbons (Fsp3) is 0.512. The van der Waals surface area contributed by atoms with Crippen LogP contribution in [0.25, 0.3) is 32.8 Å². The third-order valence-corrected chi connectivity index (χ3v) is 13.7. The molecule has 2 saturated carbocycles. The fourth-order valence-corrected chi connectivity index (χ4v) is 9.88. The largest absolute Gasteiger partial charge is 0.497 e. The van der Waals surface area contributed by atoms with Gasteiger partial charge in [-0.3, -0.25) is 23.9 Å². The fourth-order valence-electron chi connectivity index (χ4n) is 8.35. The molecule has 2 aromatic carbocycles.